The van der Waals surface area contributed by atoms with Crippen LogP contribution in [0.15, 0.2) is 42.5 Å². The van der Waals surface area contributed by atoms with E-state index in [2.05, 4.69) is 63.3 Å². The van der Waals surface area contributed by atoms with Crippen molar-refractivity contribution in [3.63, 3.8) is 0 Å². The number of hydrogen-bond acceptors (Lipinski definition) is 2. The average molecular weight is 283 g/mol. The van der Waals surface area contributed by atoms with Gasteiger partial charge in [-0.05, 0) is 44.5 Å². The van der Waals surface area contributed by atoms with E-state index in [0.717, 1.165) is 12.3 Å². The van der Waals surface area contributed by atoms with Crippen molar-refractivity contribution in [2.24, 2.45) is 0 Å². The lowest BCUT2D eigenvalue weighted by molar-refractivity contribution is 0.299. The van der Waals surface area contributed by atoms with Crippen molar-refractivity contribution in [2.75, 3.05) is 6.54 Å². The molecule has 2 heteroatoms. The summed E-state index contributed by atoms with van der Waals surface area (Å²) in [6.07, 6.45) is 0. The van der Waals surface area contributed by atoms with Gasteiger partial charge in [0, 0.05) is 11.6 Å². The van der Waals surface area contributed by atoms with Gasteiger partial charge in [0.25, 0.3) is 0 Å². The fourth-order valence-corrected chi connectivity index (χ4v) is 2.50. The highest BCUT2D eigenvalue weighted by Crippen LogP contribution is 2.26. The van der Waals surface area contributed by atoms with Gasteiger partial charge in [-0.25, -0.2) is 0 Å². The Labute approximate surface area is 128 Å². The quantitative estimate of drug-likeness (QED) is 0.839. The van der Waals surface area contributed by atoms with E-state index < -0.39 is 0 Å². The lowest BCUT2D eigenvalue weighted by Gasteiger charge is -2.18. The predicted octanol–water partition coefficient (Wildman–Crippen LogP) is 4.55. The number of ether oxygens (including phenoxy) is 1. The molecule has 2 rings (SSSR count). The third kappa shape index (κ3) is 4.08. The third-order valence-electron chi connectivity index (χ3n) is 3.78. The molecule has 1 atom stereocenters. The van der Waals surface area contributed by atoms with E-state index in [1.807, 2.05) is 12.1 Å². The van der Waals surface area contributed by atoms with Crippen molar-refractivity contribution in [1.82, 2.24) is 5.32 Å². The summed E-state index contributed by atoms with van der Waals surface area (Å²) >= 11 is 0. The number of nitrogens with one attached hydrogen (secondary N) is 1. The fraction of sp³-hybridized carbons (Fsp3) is 0.368. The van der Waals surface area contributed by atoms with Gasteiger partial charge in [-0.3, -0.25) is 0 Å². The smallest absolute Gasteiger partial charge is 0.124 e. The first-order chi connectivity index (χ1) is 10.1. The molecule has 2 aromatic carbocycles. The van der Waals surface area contributed by atoms with Gasteiger partial charge in [0.2, 0.25) is 0 Å². The van der Waals surface area contributed by atoms with Crippen molar-refractivity contribution >= 4 is 0 Å². The SMILES string of the molecule is CCNC(C)c1ccccc1OCc1cc(C)ccc1C. The van der Waals surface area contributed by atoms with Crippen LogP contribution in [0.5, 0.6) is 5.75 Å². The second kappa shape index (κ2) is 7.28. The number of hydrogen-bond donors (Lipinski definition) is 1. The predicted molar refractivity (Wildman–Crippen MR) is 88.8 cm³/mol. The minimum Gasteiger partial charge on any atom is -0.489 e. The summed E-state index contributed by atoms with van der Waals surface area (Å²) in [5.74, 6) is 0.965. The lowest BCUT2D eigenvalue weighted by Crippen LogP contribution is -2.18. The highest BCUT2D eigenvalue weighted by molar-refractivity contribution is 5.36. The average Bonchev–Trinajstić information content (AvgIpc) is 2.49. The van der Waals surface area contributed by atoms with Gasteiger partial charge in [0.15, 0.2) is 0 Å². The summed E-state index contributed by atoms with van der Waals surface area (Å²) in [7, 11) is 0. The highest BCUT2D eigenvalue weighted by Gasteiger charge is 2.10. The summed E-state index contributed by atoms with van der Waals surface area (Å²) in [4.78, 5) is 0. The molecule has 2 nitrogen and oxygen atoms in total. The molecule has 0 saturated carbocycles. The molecule has 1 unspecified atom stereocenters. The van der Waals surface area contributed by atoms with Crippen molar-refractivity contribution in [3.05, 3.63) is 64.7 Å². The third-order valence-corrected chi connectivity index (χ3v) is 3.78. The van der Waals surface area contributed by atoms with Crippen LogP contribution in [0.1, 0.15) is 42.1 Å². The van der Waals surface area contributed by atoms with Crippen molar-refractivity contribution in [3.8, 4) is 5.75 Å². The molecule has 0 bridgehead atoms. The Morgan fingerprint density at radius 1 is 1.10 bits per heavy atom. The Morgan fingerprint density at radius 3 is 2.62 bits per heavy atom. The van der Waals surface area contributed by atoms with Crippen LogP contribution in [0.3, 0.4) is 0 Å². The van der Waals surface area contributed by atoms with Gasteiger partial charge in [-0.1, -0.05) is 48.9 Å². The van der Waals surface area contributed by atoms with E-state index in [1.165, 1.54) is 22.3 Å². The molecule has 112 valence electrons. The van der Waals surface area contributed by atoms with Gasteiger partial charge in [-0.2, -0.15) is 0 Å². The first-order valence-electron chi connectivity index (χ1n) is 7.63. The molecule has 0 aliphatic heterocycles. The Kier molecular flexibility index (Phi) is 5.40. The summed E-state index contributed by atoms with van der Waals surface area (Å²) in [5, 5.41) is 3.44. The van der Waals surface area contributed by atoms with Gasteiger partial charge in [-0.15, -0.1) is 0 Å². The molecule has 0 saturated heterocycles. The number of benzene rings is 2. The highest BCUT2D eigenvalue weighted by atomic mass is 16.5. The maximum atomic E-state index is 6.09. The topological polar surface area (TPSA) is 21.3 Å². The molecule has 0 fully saturated rings. The molecule has 2 aromatic rings. The molecular formula is C19H25NO. The molecule has 0 radical (unpaired) electrons. The van der Waals surface area contributed by atoms with E-state index in [-0.39, 0.29) is 0 Å². The monoisotopic (exact) mass is 283 g/mol. The minimum atomic E-state index is 0.296. The lowest BCUT2D eigenvalue weighted by atomic mass is 10.1. The number of rotatable bonds is 6. The largest absolute Gasteiger partial charge is 0.489 e. The molecule has 21 heavy (non-hydrogen) atoms. The number of aryl methyl sites for hydroxylation is 2. The zero-order chi connectivity index (χ0) is 15.2. The minimum absolute atomic E-state index is 0.296. The van der Waals surface area contributed by atoms with Crippen LogP contribution in [-0.2, 0) is 6.61 Å². The van der Waals surface area contributed by atoms with Crippen molar-refractivity contribution < 1.29 is 4.74 Å². The molecule has 0 spiro atoms. The van der Waals surface area contributed by atoms with Gasteiger partial charge >= 0.3 is 0 Å². The second-order valence-corrected chi connectivity index (χ2v) is 5.54. The number of para-hydroxylation sites is 1. The van der Waals surface area contributed by atoms with E-state index in [4.69, 9.17) is 4.74 Å². The molecule has 0 aliphatic carbocycles. The maximum Gasteiger partial charge on any atom is 0.124 e. The summed E-state index contributed by atoms with van der Waals surface area (Å²) in [5.41, 5.74) is 5.01. The van der Waals surface area contributed by atoms with Gasteiger partial charge in [0.05, 0.1) is 0 Å². The Hall–Kier alpha value is -1.80. The van der Waals surface area contributed by atoms with E-state index in [9.17, 15) is 0 Å². The standard InChI is InChI=1S/C19H25NO/c1-5-20-16(4)18-8-6-7-9-19(18)21-13-17-12-14(2)10-11-15(17)3/h6-12,16,20H,5,13H2,1-4H3. The van der Waals surface area contributed by atoms with Crippen LogP contribution < -0.4 is 10.1 Å². The summed E-state index contributed by atoms with van der Waals surface area (Å²) in [6.45, 7) is 10.1. The zero-order valence-electron chi connectivity index (χ0n) is 13.4. The zero-order valence-corrected chi connectivity index (χ0v) is 13.4. The summed E-state index contributed by atoms with van der Waals surface area (Å²) < 4.78 is 6.09. The van der Waals surface area contributed by atoms with E-state index in [1.54, 1.807) is 0 Å². The van der Waals surface area contributed by atoms with Crippen molar-refractivity contribution in [1.29, 1.82) is 0 Å². The molecule has 0 aliphatic rings. The maximum absolute atomic E-state index is 6.09. The van der Waals surface area contributed by atoms with E-state index in [0.29, 0.717) is 12.6 Å². The second-order valence-electron chi connectivity index (χ2n) is 5.54. The summed E-state index contributed by atoms with van der Waals surface area (Å²) in [6, 6.07) is 15.1. The van der Waals surface area contributed by atoms with Crippen LogP contribution in [0, 0.1) is 13.8 Å². The Balaban J connectivity index is 2.14. The molecule has 1 N–H and O–H groups in total. The van der Waals surface area contributed by atoms with Crippen LogP contribution in [0.4, 0.5) is 0 Å². The molecular weight excluding hydrogens is 258 g/mol. The van der Waals surface area contributed by atoms with Crippen LogP contribution >= 0.6 is 0 Å². The molecule has 0 aromatic heterocycles. The Bertz CT molecular complexity index is 592. The van der Waals surface area contributed by atoms with Crippen LogP contribution in [0.2, 0.25) is 0 Å². The normalized spacial score (nSPS) is 12.2. The first kappa shape index (κ1) is 15.6. The van der Waals surface area contributed by atoms with E-state index >= 15 is 0 Å². The molecule has 0 amide bonds. The van der Waals surface area contributed by atoms with Gasteiger partial charge < -0.3 is 10.1 Å². The van der Waals surface area contributed by atoms with Crippen LogP contribution in [0.25, 0.3) is 0 Å². The van der Waals surface area contributed by atoms with Crippen molar-refractivity contribution in [2.45, 2.75) is 40.3 Å². The Morgan fingerprint density at radius 2 is 1.86 bits per heavy atom. The van der Waals surface area contributed by atoms with Gasteiger partial charge in [0.1, 0.15) is 12.4 Å². The van der Waals surface area contributed by atoms with Crippen LogP contribution in [-0.4, -0.2) is 6.54 Å². The molecule has 0 heterocycles. The first-order valence-corrected chi connectivity index (χ1v) is 7.63. The fourth-order valence-electron chi connectivity index (χ4n) is 2.50.